The zero-order valence-electron chi connectivity index (χ0n) is 12.1. The molecular weight excluding hydrogens is 326 g/mol. The molecule has 1 aliphatic carbocycles. The number of hydrogen-bond acceptors (Lipinski definition) is 7. The van der Waals surface area contributed by atoms with Crippen molar-refractivity contribution < 1.29 is 17.7 Å². The van der Waals surface area contributed by atoms with Crippen molar-refractivity contribution in [1.29, 1.82) is 0 Å². The molecule has 0 aliphatic heterocycles. The van der Waals surface area contributed by atoms with E-state index in [2.05, 4.69) is 14.9 Å². The average molecular weight is 343 g/mol. The molecule has 0 unspecified atom stereocenters. The monoisotopic (exact) mass is 343 g/mol. The first-order valence-corrected chi connectivity index (χ1v) is 9.44. The zero-order chi connectivity index (χ0) is 15.6. The van der Waals surface area contributed by atoms with Gasteiger partial charge in [-0.15, -0.1) is 11.3 Å². The molecule has 1 N–H and O–H groups in total. The van der Waals surface area contributed by atoms with Crippen molar-refractivity contribution in [2.24, 2.45) is 0 Å². The third-order valence-corrected chi connectivity index (χ3v) is 6.15. The molecule has 22 heavy (non-hydrogen) atoms. The largest absolute Gasteiger partial charge is 0.377 e. The highest BCUT2D eigenvalue weighted by atomic mass is 32.2. The normalized spacial score (nSPS) is 17.3. The number of nitrogens with one attached hydrogen (secondary N) is 1. The van der Waals surface area contributed by atoms with E-state index >= 15 is 0 Å². The van der Waals surface area contributed by atoms with Gasteiger partial charge in [0.2, 0.25) is 10.0 Å². The van der Waals surface area contributed by atoms with Crippen LogP contribution >= 0.6 is 11.3 Å². The molecule has 0 amide bonds. The van der Waals surface area contributed by atoms with Gasteiger partial charge in [-0.25, -0.2) is 13.1 Å². The van der Waals surface area contributed by atoms with Crippen LogP contribution in [0.4, 0.5) is 0 Å². The van der Waals surface area contributed by atoms with Crippen LogP contribution in [0, 0.1) is 0 Å². The molecule has 1 aliphatic rings. The summed E-state index contributed by atoms with van der Waals surface area (Å²) in [4.78, 5) is 5.04. The van der Waals surface area contributed by atoms with E-state index in [1.807, 2.05) is 17.5 Å². The maximum absolute atomic E-state index is 12.1. The molecule has 3 rings (SSSR count). The van der Waals surface area contributed by atoms with Gasteiger partial charge in [-0.1, -0.05) is 11.2 Å². The number of hydrogen-bond donors (Lipinski definition) is 1. The van der Waals surface area contributed by atoms with Crippen LogP contribution in [0.25, 0.3) is 10.8 Å². The molecule has 0 saturated heterocycles. The van der Waals surface area contributed by atoms with Gasteiger partial charge >= 0.3 is 0 Å². The number of thiophene rings is 1. The lowest BCUT2D eigenvalue weighted by atomic mass is 9.82. The van der Waals surface area contributed by atoms with Gasteiger partial charge in [-0.2, -0.15) is 4.98 Å². The molecule has 0 radical (unpaired) electrons. The molecule has 0 atom stereocenters. The van der Waals surface area contributed by atoms with Gasteiger partial charge < -0.3 is 9.26 Å². The zero-order valence-corrected chi connectivity index (χ0v) is 13.7. The Kier molecular flexibility index (Phi) is 4.31. The molecular formula is C13H17N3O4S2. The second kappa shape index (κ2) is 6.07. The summed E-state index contributed by atoms with van der Waals surface area (Å²) in [5.74, 6) is 0.676. The second-order valence-electron chi connectivity index (χ2n) is 5.31. The standard InChI is InChI=1S/C13H17N3O4S2/c1-19-13(5-3-6-13)9-22(17,18)14-8-11-15-12(20-16-11)10-4-2-7-21-10/h2,4,7,14H,3,5-6,8-9H2,1H3. The lowest BCUT2D eigenvalue weighted by Crippen LogP contribution is -2.48. The van der Waals surface area contributed by atoms with Crippen molar-refractivity contribution in [2.75, 3.05) is 12.9 Å². The van der Waals surface area contributed by atoms with Gasteiger partial charge in [0, 0.05) is 7.11 Å². The Bertz CT molecular complexity index is 715. The van der Waals surface area contributed by atoms with Crippen LogP contribution in [-0.4, -0.2) is 37.0 Å². The number of nitrogens with zero attached hydrogens (tertiary/aromatic N) is 2. The molecule has 1 fully saturated rings. The van der Waals surface area contributed by atoms with E-state index in [0.29, 0.717) is 11.7 Å². The van der Waals surface area contributed by atoms with Crippen molar-refractivity contribution in [1.82, 2.24) is 14.9 Å². The first-order valence-electron chi connectivity index (χ1n) is 6.91. The molecule has 1 saturated carbocycles. The number of ether oxygens (including phenoxy) is 1. The fourth-order valence-corrected chi connectivity index (χ4v) is 4.57. The predicted molar refractivity (Wildman–Crippen MR) is 81.8 cm³/mol. The number of aromatic nitrogens is 2. The van der Waals surface area contributed by atoms with Gasteiger partial charge in [-0.05, 0) is 30.7 Å². The summed E-state index contributed by atoms with van der Waals surface area (Å²) in [7, 11) is -1.89. The molecule has 0 spiro atoms. The first kappa shape index (κ1) is 15.6. The van der Waals surface area contributed by atoms with Crippen LogP contribution in [0.3, 0.4) is 0 Å². The van der Waals surface area contributed by atoms with E-state index in [1.165, 1.54) is 11.3 Å². The van der Waals surface area contributed by atoms with E-state index in [4.69, 9.17) is 9.26 Å². The molecule has 0 bridgehead atoms. The van der Waals surface area contributed by atoms with Crippen LogP contribution in [0.1, 0.15) is 25.1 Å². The van der Waals surface area contributed by atoms with Crippen LogP contribution in [-0.2, 0) is 21.3 Å². The van der Waals surface area contributed by atoms with Gasteiger partial charge in [0.1, 0.15) is 0 Å². The lowest BCUT2D eigenvalue weighted by molar-refractivity contribution is -0.0526. The fraction of sp³-hybridized carbons (Fsp3) is 0.538. The third-order valence-electron chi connectivity index (χ3n) is 3.80. The van der Waals surface area contributed by atoms with Crippen LogP contribution in [0.15, 0.2) is 22.0 Å². The van der Waals surface area contributed by atoms with Crippen LogP contribution < -0.4 is 4.72 Å². The Morgan fingerprint density at radius 2 is 2.32 bits per heavy atom. The highest BCUT2D eigenvalue weighted by Gasteiger charge is 2.41. The number of sulfonamides is 1. The summed E-state index contributed by atoms with van der Waals surface area (Å²) in [5, 5.41) is 5.70. The molecule has 120 valence electrons. The smallest absolute Gasteiger partial charge is 0.268 e. The van der Waals surface area contributed by atoms with Gasteiger partial charge in [0.15, 0.2) is 5.82 Å². The maximum atomic E-state index is 12.1. The molecule has 2 heterocycles. The van der Waals surface area contributed by atoms with Crippen molar-refractivity contribution in [3.63, 3.8) is 0 Å². The summed E-state index contributed by atoms with van der Waals surface area (Å²) in [6, 6.07) is 3.75. The van der Waals surface area contributed by atoms with Gasteiger partial charge in [0.05, 0.1) is 22.8 Å². The quantitative estimate of drug-likeness (QED) is 0.823. The van der Waals surface area contributed by atoms with E-state index in [0.717, 1.165) is 24.1 Å². The topological polar surface area (TPSA) is 94.3 Å². The average Bonchev–Trinajstić information content (AvgIpc) is 3.11. The summed E-state index contributed by atoms with van der Waals surface area (Å²) >= 11 is 1.48. The summed E-state index contributed by atoms with van der Waals surface area (Å²) in [6.45, 7) is 0.0109. The SMILES string of the molecule is COC1(CS(=O)(=O)NCc2noc(-c3cccs3)n2)CCC1. The Hall–Kier alpha value is -1.29. The Morgan fingerprint density at radius 3 is 2.91 bits per heavy atom. The molecule has 0 aromatic carbocycles. The highest BCUT2D eigenvalue weighted by molar-refractivity contribution is 7.89. The van der Waals surface area contributed by atoms with Crippen LogP contribution in [0.2, 0.25) is 0 Å². The minimum Gasteiger partial charge on any atom is -0.377 e. The molecule has 9 heteroatoms. The lowest BCUT2D eigenvalue weighted by Gasteiger charge is -2.39. The minimum absolute atomic E-state index is 0.0109. The van der Waals surface area contributed by atoms with Crippen molar-refractivity contribution >= 4 is 21.4 Å². The van der Waals surface area contributed by atoms with Crippen molar-refractivity contribution in [2.45, 2.75) is 31.4 Å². The molecule has 7 nitrogen and oxygen atoms in total. The Morgan fingerprint density at radius 1 is 1.50 bits per heavy atom. The van der Waals surface area contributed by atoms with E-state index in [9.17, 15) is 8.42 Å². The summed E-state index contributed by atoms with van der Waals surface area (Å²) in [5.41, 5.74) is -0.536. The predicted octanol–water partition coefficient (Wildman–Crippen LogP) is 1.79. The minimum atomic E-state index is -3.45. The van der Waals surface area contributed by atoms with Crippen LogP contribution in [0.5, 0.6) is 0 Å². The van der Waals surface area contributed by atoms with E-state index in [-0.39, 0.29) is 12.3 Å². The molecule has 2 aromatic rings. The Balaban J connectivity index is 1.60. The van der Waals surface area contributed by atoms with E-state index < -0.39 is 15.6 Å². The number of methoxy groups -OCH3 is 1. The first-order chi connectivity index (χ1) is 10.5. The second-order valence-corrected chi connectivity index (χ2v) is 8.07. The van der Waals surface area contributed by atoms with E-state index in [1.54, 1.807) is 7.11 Å². The van der Waals surface area contributed by atoms with Gasteiger partial charge in [0.25, 0.3) is 5.89 Å². The van der Waals surface area contributed by atoms with Crippen molar-refractivity contribution in [3.8, 4) is 10.8 Å². The summed E-state index contributed by atoms with van der Waals surface area (Å²) < 4.78 is 37.2. The summed E-state index contributed by atoms with van der Waals surface area (Å²) in [6.07, 6.45) is 2.54. The third kappa shape index (κ3) is 3.37. The highest BCUT2D eigenvalue weighted by Crippen LogP contribution is 2.36. The maximum Gasteiger partial charge on any atom is 0.268 e. The molecule has 2 aromatic heterocycles. The Labute approximate surface area is 132 Å². The van der Waals surface area contributed by atoms with Crippen molar-refractivity contribution in [3.05, 3.63) is 23.3 Å². The van der Waals surface area contributed by atoms with Gasteiger partial charge in [-0.3, -0.25) is 0 Å². The number of rotatable bonds is 7. The fourth-order valence-electron chi connectivity index (χ4n) is 2.38.